The highest BCUT2D eigenvalue weighted by molar-refractivity contribution is 6.08. The molecule has 0 bridgehead atoms. The number of nitro groups is 1. The zero-order chi connectivity index (χ0) is 22.1. The number of aliphatic hydroxyl groups is 1. The van der Waals surface area contributed by atoms with E-state index in [1.54, 1.807) is 12.1 Å². The lowest BCUT2D eigenvalue weighted by molar-refractivity contribution is -0.384. The van der Waals surface area contributed by atoms with Gasteiger partial charge in [0.25, 0.3) is 5.69 Å². The summed E-state index contributed by atoms with van der Waals surface area (Å²) in [4.78, 5) is 13.3. The quantitative estimate of drug-likeness (QED) is 0.301. The number of nitrogens with zero attached hydrogens (tertiary/aromatic N) is 3. The van der Waals surface area contributed by atoms with Gasteiger partial charge in [0.2, 0.25) is 0 Å². The molecule has 0 saturated carbocycles. The van der Waals surface area contributed by atoms with Gasteiger partial charge < -0.3 is 14.6 Å². The number of piperidine rings is 1. The van der Waals surface area contributed by atoms with Crippen LogP contribution < -0.4 is 0 Å². The van der Waals surface area contributed by atoms with E-state index in [1.807, 2.05) is 54.6 Å². The highest BCUT2D eigenvalue weighted by atomic mass is 35.5. The van der Waals surface area contributed by atoms with Crippen molar-refractivity contribution in [3.05, 3.63) is 88.5 Å². The highest BCUT2D eigenvalue weighted by Crippen LogP contribution is 2.34. The molecule has 0 unspecified atom stereocenters. The molecule has 2 heterocycles. The molecule has 1 aromatic heterocycles. The second-order valence-electron chi connectivity index (χ2n) is 8.72. The Kier molecular flexibility index (Phi) is 6.70. The van der Waals surface area contributed by atoms with Crippen LogP contribution in [0, 0.1) is 10.1 Å². The molecule has 0 atom stereocenters. The summed E-state index contributed by atoms with van der Waals surface area (Å²) >= 11 is 0. The zero-order valence-corrected chi connectivity index (χ0v) is 19.2. The van der Waals surface area contributed by atoms with Crippen LogP contribution in [0.15, 0.2) is 72.8 Å². The van der Waals surface area contributed by atoms with Crippen LogP contribution in [0.2, 0.25) is 0 Å². The fourth-order valence-corrected chi connectivity index (χ4v) is 5.03. The van der Waals surface area contributed by atoms with Crippen LogP contribution in [0.5, 0.6) is 0 Å². The van der Waals surface area contributed by atoms with E-state index in [0.29, 0.717) is 0 Å². The summed E-state index contributed by atoms with van der Waals surface area (Å²) in [5.41, 5.74) is 2.56. The molecule has 33 heavy (non-hydrogen) atoms. The van der Waals surface area contributed by atoms with Crippen LogP contribution in [0.1, 0.15) is 24.8 Å². The van der Waals surface area contributed by atoms with E-state index in [-0.39, 0.29) is 23.0 Å². The molecule has 172 valence electrons. The van der Waals surface area contributed by atoms with Gasteiger partial charge in [-0.3, -0.25) is 10.1 Å². The predicted octanol–water partition coefficient (Wildman–Crippen LogP) is 5.50. The van der Waals surface area contributed by atoms with Gasteiger partial charge in [0.1, 0.15) is 0 Å². The average molecular weight is 466 g/mol. The van der Waals surface area contributed by atoms with E-state index in [4.69, 9.17) is 0 Å². The third kappa shape index (κ3) is 4.47. The maximum Gasteiger partial charge on any atom is 0.270 e. The highest BCUT2D eigenvalue weighted by Gasteiger charge is 2.33. The first-order valence-corrected chi connectivity index (χ1v) is 11.2. The number of hydrogen-bond acceptors (Lipinski definition) is 4. The van der Waals surface area contributed by atoms with Crippen molar-refractivity contribution in [1.29, 1.82) is 0 Å². The standard InChI is InChI=1S/C26H27N3O3.ClH/c30-26(20-7-2-1-3-8-20)13-17-27(18-14-26)15-6-16-28-24-10-5-4-9-22(24)23-19-21(29(31)32)11-12-25(23)28;/h1-5,7-12,19,30H,6,13-18H2;1H. The van der Waals surface area contributed by atoms with Gasteiger partial charge in [0.15, 0.2) is 0 Å². The first-order chi connectivity index (χ1) is 15.5. The van der Waals surface area contributed by atoms with Gasteiger partial charge in [0.05, 0.1) is 10.5 Å². The fraction of sp³-hybridized carbons (Fsp3) is 0.308. The van der Waals surface area contributed by atoms with Crippen LogP contribution in [0.25, 0.3) is 21.8 Å². The summed E-state index contributed by atoms with van der Waals surface area (Å²) in [6.45, 7) is 3.57. The predicted molar refractivity (Wildman–Crippen MR) is 134 cm³/mol. The third-order valence-corrected chi connectivity index (χ3v) is 6.82. The lowest BCUT2D eigenvalue weighted by atomic mass is 9.84. The molecule has 1 N–H and O–H groups in total. The summed E-state index contributed by atoms with van der Waals surface area (Å²) in [5.74, 6) is 0. The number of aryl methyl sites for hydroxylation is 1. The van der Waals surface area contributed by atoms with E-state index in [9.17, 15) is 15.2 Å². The Hall–Kier alpha value is -2.93. The Morgan fingerprint density at radius 3 is 2.27 bits per heavy atom. The minimum absolute atomic E-state index is 0. The first kappa shape index (κ1) is 23.2. The second-order valence-corrected chi connectivity index (χ2v) is 8.72. The molecule has 6 nitrogen and oxygen atoms in total. The molecule has 1 fully saturated rings. The number of para-hydroxylation sites is 1. The van der Waals surface area contributed by atoms with Gasteiger partial charge in [-0.15, -0.1) is 12.4 Å². The number of hydrogen-bond donors (Lipinski definition) is 1. The van der Waals surface area contributed by atoms with Crippen LogP contribution in [-0.4, -0.2) is 39.1 Å². The third-order valence-electron chi connectivity index (χ3n) is 6.82. The number of halogens is 1. The van der Waals surface area contributed by atoms with E-state index < -0.39 is 5.60 Å². The Morgan fingerprint density at radius 2 is 1.55 bits per heavy atom. The number of aromatic nitrogens is 1. The van der Waals surface area contributed by atoms with Crippen molar-refractivity contribution in [2.24, 2.45) is 0 Å². The molecule has 1 aliphatic rings. The molecule has 1 aliphatic heterocycles. The Morgan fingerprint density at radius 1 is 0.879 bits per heavy atom. The number of fused-ring (bicyclic) bond motifs is 3. The molecular formula is C26H28ClN3O3. The summed E-state index contributed by atoms with van der Waals surface area (Å²) in [5, 5.41) is 24.3. The molecule has 4 aromatic rings. The molecular weight excluding hydrogens is 438 g/mol. The molecule has 7 heteroatoms. The average Bonchev–Trinajstić information content (AvgIpc) is 3.14. The smallest absolute Gasteiger partial charge is 0.270 e. The maximum atomic E-state index is 11.2. The molecule has 3 aromatic carbocycles. The molecule has 0 spiro atoms. The van der Waals surface area contributed by atoms with Gasteiger partial charge in [0, 0.05) is 53.6 Å². The SMILES string of the molecule is Cl.O=[N+]([O-])c1ccc2c(c1)c1ccccc1n2CCCN1CCC(O)(c2ccccc2)CC1. The normalized spacial score (nSPS) is 16.0. The van der Waals surface area contributed by atoms with Crippen molar-refractivity contribution < 1.29 is 10.0 Å². The minimum Gasteiger partial charge on any atom is -0.385 e. The molecule has 0 aliphatic carbocycles. The van der Waals surface area contributed by atoms with Gasteiger partial charge in [-0.05, 0) is 43.5 Å². The summed E-state index contributed by atoms with van der Waals surface area (Å²) < 4.78 is 2.28. The van der Waals surface area contributed by atoms with E-state index >= 15 is 0 Å². The van der Waals surface area contributed by atoms with Crippen molar-refractivity contribution >= 4 is 39.9 Å². The summed E-state index contributed by atoms with van der Waals surface area (Å²) in [6, 6.07) is 23.2. The van der Waals surface area contributed by atoms with Crippen molar-refractivity contribution in [1.82, 2.24) is 9.47 Å². The van der Waals surface area contributed by atoms with E-state index in [1.165, 1.54) is 0 Å². The monoisotopic (exact) mass is 465 g/mol. The second kappa shape index (κ2) is 9.51. The molecule has 5 rings (SSSR count). The lowest BCUT2D eigenvalue weighted by Gasteiger charge is -2.38. The Labute approximate surface area is 199 Å². The maximum absolute atomic E-state index is 11.2. The van der Waals surface area contributed by atoms with Gasteiger partial charge in [-0.2, -0.15) is 0 Å². The first-order valence-electron chi connectivity index (χ1n) is 11.2. The lowest BCUT2D eigenvalue weighted by Crippen LogP contribution is -2.43. The topological polar surface area (TPSA) is 71.5 Å². The Bertz CT molecular complexity index is 1260. The number of benzene rings is 3. The number of likely N-dealkylation sites (tertiary alicyclic amines) is 1. The largest absolute Gasteiger partial charge is 0.385 e. The summed E-state index contributed by atoms with van der Waals surface area (Å²) in [7, 11) is 0. The van der Waals surface area contributed by atoms with Crippen molar-refractivity contribution in [3.8, 4) is 0 Å². The van der Waals surface area contributed by atoms with E-state index in [2.05, 4.69) is 15.5 Å². The molecule has 0 amide bonds. The van der Waals surface area contributed by atoms with Crippen LogP contribution in [-0.2, 0) is 12.1 Å². The van der Waals surface area contributed by atoms with Crippen molar-refractivity contribution in [2.75, 3.05) is 19.6 Å². The van der Waals surface area contributed by atoms with Crippen LogP contribution >= 0.6 is 12.4 Å². The van der Waals surface area contributed by atoms with Gasteiger partial charge in [-0.25, -0.2) is 0 Å². The number of rotatable bonds is 6. The van der Waals surface area contributed by atoms with Crippen LogP contribution in [0.4, 0.5) is 5.69 Å². The Balaban J connectivity index is 0.00000259. The van der Waals surface area contributed by atoms with Gasteiger partial charge >= 0.3 is 0 Å². The fourth-order valence-electron chi connectivity index (χ4n) is 5.03. The molecule has 1 saturated heterocycles. The van der Waals surface area contributed by atoms with Crippen molar-refractivity contribution in [2.45, 2.75) is 31.4 Å². The number of non-ortho nitro benzene ring substituents is 1. The molecule has 0 radical (unpaired) electrons. The minimum atomic E-state index is -0.723. The van der Waals surface area contributed by atoms with E-state index in [0.717, 1.165) is 72.8 Å². The van der Waals surface area contributed by atoms with Crippen LogP contribution in [0.3, 0.4) is 0 Å². The van der Waals surface area contributed by atoms with Crippen molar-refractivity contribution in [3.63, 3.8) is 0 Å². The van der Waals surface area contributed by atoms with Gasteiger partial charge in [-0.1, -0.05) is 48.5 Å². The zero-order valence-electron chi connectivity index (χ0n) is 18.4. The summed E-state index contributed by atoms with van der Waals surface area (Å²) in [6.07, 6.45) is 2.47. The number of nitro benzene ring substituents is 1.